The van der Waals surface area contributed by atoms with Crippen LogP contribution in [0.1, 0.15) is 11.4 Å². The number of hydrogen-bond acceptors (Lipinski definition) is 4. The molecule has 0 spiro atoms. The number of methoxy groups -OCH3 is 1. The van der Waals surface area contributed by atoms with Gasteiger partial charge in [0.15, 0.2) is 5.65 Å². The van der Waals surface area contributed by atoms with E-state index in [1.165, 1.54) is 7.11 Å². The number of imidazole rings is 1. The van der Waals surface area contributed by atoms with Crippen molar-refractivity contribution in [1.29, 1.82) is 0 Å². The lowest BCUT2D eigenvalue weighted by Crippen LogP contribution is -2.05. The van der Waals surface area contributed by atoms with Crippen molar-refractivity contribution in [2.75, 3.05) is 7.11 Å². The van der Waals surface area contributed by atoms with E-state index in [0.29, 0.717) is 11.5 Å². The highest BCUT2D eigenvalue weighted by Crippen LogP contribution is 2.10. The smallest absolute Gasteiger partial charge is 0.313 e. The Morgan fingerprint density at radius 2 is 2.40 bits per heavy atom. The van der Waals surface area contributed by atoms with Gasteiger partial charge < -0.3 is 9.72 Å². The van der Waals surface area contributed by atoms with Crippen molar-refractivity contribution >= 4 is 17.1 Å². The van der Waals surface area contributed by atoms with E-state index >= 15 is 0 Å². The van der Waals surface area contributed by atoms with Crippen molar-refractivity contribution in [3.05, 3.63) is 23.7 Å². The van der Waals surface area contributed by atoms with Crippen LogP contribution in [0.25, 0.3) is 11.2 Å². The topological polar surface area (TPSA) is 67.9 Å². The van der Waals surface area contributed by atoms with E-state index in [-0.39, 0.29) is 12.4 Å². The number of H-pyrrole nitrogens is 1. The Bertz CT molecular complexity index is 504. The van der Waals surface area contributed by atoms with Crippen molar-refractivity contribution in [2.24, 2.45) is 0 Å². The molecule has 5 heteroatoms. The van der Waals surface area contributed by atoms with E-state index in [1.54, 1.807) is 6.20 Å². The molecule has 2 aromatic heterocycles. The molecule has 1 N–H and O–H groups in total. The van der Waals surface area contributed by atoms with Gasteiger partial charge in [-0.05, 0) is 18.6 Å². The first-order chi connectivity index (χ1) is 7.19. The first kappa shape index (κ1) is 9.64. The molecule has 0 amide bonds. The standard InChI is InChI=1S/C10H11N3O2/c1-6-3-7-10(11-5-6)13-8(12-7)4-9(14)15-2/h3,5H,4H2,1-2H3,(H,11,12,13). The van der Waals surface area contributed by atoms with E-state index in [4.69, 9.17) is 0 Å². The molecular formula is C10H11N3O2. The number of esters is 1. The summed E-state index contributed by atoms with van der Waals surface area (Å²) in [5, 5.41) is 0. The quantitative estimate of drug-likeness (QED) is 0.742. The van der Waals surface area contributed by atoms with Gasteiger partial charge in [0.2, 0.25) is 0 Å². The number of aryl methyl sites for hydroxylation is 1. The second kappa shape index (κ2) is 3.68. The summed E-state index contributed by atoms with van der Waals surface area (Å²) < 4.78 is 4.55. The molecule has 5 nitrogen and oxygen atoms in total. The summed E-state index contributed by atoms with van der Waals surface area (Å²) in [6, 6.07) is 1.94. The summed E-state index contributed by atoms with van der Waals surface area (Å²) >= 11 is 0. The Labute approximate surface area is 86.5 Å². The van der Waals surface area contributed by atoms with E-state index < -0.39 is 0 Å². The average molecular weight is 205 g/mol. The highest BCUT2D eigenvalue weighted by molar-refractivity contribution is 5.75. The van der Waals surface area contributed by atoms with Crippen LogP contribution in [0.3, 0.4) is 0 Å². The van der Waals surface area contributed by atoms with Gasteiger partial charge in [-0.3, -0.25) is 4.79 Å². The van der Waals surface area contributed by atoms with Crippen molar-refractivity contribution < 1.29 is 9.53 Å². The van der Waals surface area contributed by atoms with E-state index in [1.807, 2.05) is 13.0 Å². The molecule has 0 aliphatic carbocycles. The van der Waals surface area contributed by atoms with Gasteiger partial charge >= 0.3 is 5.97 Å². The number of aromatic nitrogens is 3. The summed E-state index contributed by atoms with van der Waals surface area (Å²) in [5.74, 6) is 0.265. The first-order valence-corrected chi connectivity index (χ1v) is 4.57. The van der Waals surface area contributed by atoms with Gasteiger partial charge in [0.05, 0.1) is 12.6 Å². The number of carbonyl (C=O) groups is 1. The SMILES string of the molecule is COC(=O)Cc1nc2ncc(C)cc2[nH]1. The van der Waals surface area contributed by atoms with Gasteiger partial charge in [-0.15, -0.1) is 0 Å². The minimum atomic E-state index is -0.314. The molecule has 78 valence electrons. The molecule has 2 heterocycles. The molecular weight excluding hydrogens is 194 g/mol. The van der Waals surface area contributed by atoms with Crippen LogP contribution in [0.15, 0.2) is 12.3 Å². The molecule has 2 aromatic rings. The Kier molecular flexibility index (Phi) is 2.37. The number of fused-ring (bicyclic) bond motifs is 1. The third-order valence-electron chi connectivity index (χ3n) is 2.06. The van der Waals surface area contributed by atoms with Crippen molar-refractivity contribution in [3.63, 3.8) is 0 Å². The predicted octanol–water partition coefficient (Wildman–Crippen LogP) is 0.982. The second-order valence-electron chi connectivity index (χ2n) is 3.32. The van der Waals surface area contributed by atoms with E-state index in [0.717, 1.165) is 11.1 Å². The van der Waals surface area contributed by atoms with Crippen LogP contribution in [0, 0.1) is 6.92 Å². The summed E-state index contributed by atoms with van der Waals surface area (Å²) in [6.07, 6.45) is 1.89. The number of aromatic amines is 1. The maximum Gasteiger partial charge on any atom is 0.313 e. The Balaban J connectivity index is 2.34. The van der Waals surface area contributed by atoms with Crippen LogP contribution < -0.4 is 0 Å². The maximum atomic E-state index is 11.0. The summed E-state index contributed by atoms with van der Waals surface area (Å²) in [7, 11) is 1.35. The largest absolute Gasteiger partial charge is 0.469 e. The van der Waals surface area contributed by atoms with Crippen LogP contribution in [0.5, 0.6) is 0 Å². The maximum absolute atomic E-state index is 11.0. The van der Waals surface area contributed by atoms with Crippen molar-refractivity contribution in [2.45, 2.75) is 13.3 Å². The first-order valence-electron chi connectivity index (χ1n) is 4.57. The Hall–Kier alpha value is -1.91. The number of pyridine rings is 1. The lowest BCUT2D eigenvalue weighted by Gasteiger charge is -1.93. The predicted molar refractivity (Wildman–Crippen MR) is 54.3 cm³/mol. The zero-order valence-corrected chi connectivity index (χ0v) is 8.57. The van der Waals surface area contributed by atoms with Crippen molar-refractivity contribution in [1.82, 2.24) is 15.0 Å². The van der Waals surface area contributed by atoms with Crippen molar-refractivity contribution in [3.8, 4) is 0 Å². The lowest BCUT2D eigenvalue weighted by atomic mass is 10.3. The monoisotopic (exact) mass is 205 g/mol. The van der Waals surface area contributed by atoms with Crippen LogP contribution in [-0.2, 0) is 16.0 Å². The van der Waals surface area contributed by atoms with E-state index in [2.05, 4.69) is 19.7 Å². The number of carbonyl (C=O) groups excluding carboxylic acids is 1. The normalized spacial score (nSPS) is 10.5. The highest BCUT2D eigenvalue weighted by Gasteiger charge is 2.08. The third-order valence-corrected chi connectivity index (χ3v) is 2.06. The molecule has 2 rings (SSSR count). The summed E-state index contributed by atoms with van der Waals surface area (Å²) in [6.45, 7) is 1.95. The second-order valence-corrected chi connectivity index (χ2v) is 3.32. The molecule has 15 heavy (non-hydrogen) atoms. The summed E-state index contributed by atoms with van der Waals surface area (Å²) in [5.41, 5.74) is 2.52. The Morgan fingerprint density at radius 3 is 3.13 bits per heavy atom. The van der Waals surface area contributed by atoms with Gasteiger partial charge in [0, 0.05) is 6.20 Å². The molecule has 0 saturated carbocycles. The third kappa shape index (κ3) is 1.96. The van der Waals surface area contributed by atoms with Crippen LogP contribution >= 0.6 is 0 Å². The zero-order valence-electron chi connectivity index (χ0n) is 8.57. The molecule has 0 fully saturated rings. The number of ether oxygens (including phenoxy) is 1. The van der Waals surface area contributed by atoms with Gasteiger partial charge in [-0.1, -0.05) is 0 Å². The fourth-order valence-electron chi connectivity index (χ4n) is 1.35. The highest BCUT2D eigenvalue weighted by atomic mass is 16.5. The molecule has 0 aromatic carbocycles. The number of rotatable bonds is 2. The molecule has 0 bridgehead atoms. The van der Waals surface area contributed by atoms with Gasteiger partial charge in [-0.2, -0.15) is 0 Å². The molecule has 0 atom stereocenters. The van der Waals surface area contributed by atoms with Gasteiger partial charge in [0.25, 0.3) is 0 Å². The Morgan fingerprint density at radius 1 is 1.60 bits per heavy atom. The van der Waals surface area contributed by atoms with Crippen LogP contribution in [0.4, 0.5) is 0 Å². The minimum Gasteiger partial charge on any atom is -0.469 e. The number of nitrogens with one attached hydrogen (secondary N) is 1. The van der Waals surface area contributed by atoms with E-state index in [9.17, 15) is 4.79 Å². The summed E-state index contributed by atoms with van der Waals surface area (Å²) in [4.78, 5) is 22.4. The minimum absolute atomic E-state index is 0.145. The van der Waals surface area contributed by atoms with Crippen LogP contribution in [0.2, 0.25) is 0 Å². The van der Waals surface area contributed by atoms with Gasteiger partial charge in [-0.25, -0.2) is 9.97 Å². The molecule has 0 aliphatic rings. The number of nitrogens with zero attached hydrogens (tertiary/aromatic N) is 2. The van der Waals surface area contributed by atoms with Crippen LogP contribution in [-0.4, -0.2) is 28.0 Å². The molecule has 0 radical (unpaired) electrons. The average Bonchev–Trinajstić information content (AvgIpc) is 2.59. The molecule has 0 unspecified atom stereocenters. The lowest BCUT2D eigenvalue weighted by molar-refractivity contribution is -0.139. The molecule has 0 aliphatic heterocycles. The fraction of sp³-hybridized carbons (Fsp3) is 0.300. The van der Waals surface area contributed by atoms with Gasteiger partial charge in [0.1, 0.15) is 12.2 Å². The molecule has 0 saturated heterocycles. The zero-order chi connectivity index (χ0) is 10.8. The fourth-order valence-corrected chi connectivity index (χ4v) is 1.35. The number of hydrogen-bond donors (Lipinski definition) is 1.